The van der Waals surface area contributed by atoms with Gasteiger partial charge in [-0.15, -0.1) is 0 Å². The van der Waals surface area contributed by atoms with E-state index in [-0.39, 0.29) is 11.8 Å². The molecule has 1 aliphatic rings. The van der Waals surface area contributed by atoms with Gasteiger partial charge in [-0.05, 0) is 38.9 Å². The molecule has 0 aromatic heterocycles. The zero-order valence-corrected chi connectivity index (χ0v) is 12.2. The van der Waals surface area contributed by atoms with E-state index in [1.807, 2.05) is 26.1 Å². The second-order valence-electron chi connectivity index (χ2n) is 5.06. The van der Waals surface area contributed by atoms with Crippen LogP contribution in [-0.4, -0.2) is 43.0 Å². The highest BCUT2D eigenvalue weighted by Crippen LogP contribution is 2.19. The van der Waals surface area contributed by atoms with Crippen molar-refractivity contribution in [3.63, 3.8) is 0 Å². The van der Waals surface area contributed by atoms with Crippen molar-refractivity contribution >= 4 is 17.4 Å². The second-order valence-corrected chi connectivity index (χ2v) is 5.50. The molecule has 0 spiro atoms. The van der Waals surface area contributed by atoms with Crippen LogP contribution in [0.1, 0.15) is 30.1 Å². The maximum atomic E-state index is 12.4. The van der Waals surface area contributed by atoms with Crippen LogP contribution in [0.25, 0.3) is 0 Å². The van der Waals surface area contributed by atoms with Crippen LogP contribution in [0.15, 0.2) is 24.3 Å². The molecular formula is C15H20ClNO2. The van der Waals surface area contributed by atoms with Crippen LogP contribution >= 0.6 is 11.6 Å². The van der Waals surface area contributed by atoms with E-state index in [9.17, 15) is 4.79 Å². The van der Waals surface area contributed by atoms with E-state index in [1.54, 1.807) is 12.1 Å². The van der Waals surface area contributed by atoms with Gasteiger partial charge in [0, 0.05) is 29.8 Å². The van der Waals surface area contributed by atoms with Crippen LogP contribution in [-0.2, 0) is 4.74 Å². The Balaban J connectivity index is 2.05. The van der Waals surface area contributed by atoms with Gasteiger partial charge in [-0.25, -0.2) is 0 Å². The normalized spacial score (nSPS) is 18.5. The monoisotopic (exact) mass is 281 g/mol. The molecule has 1 atom stereocenters. The number of halogens is 1. The van der Waals surface area contributed by atoms with Crippen molar-refractivity contribution < 1.29 is 9.53 Å². The quantitative estimate of drug-likeness (QED) is 0.795. The number of likely N-dealkylation sites (N-methyl/N-ethyl adjacent to an activating group) is 1. The lowest BCUT2D eigenvalue weighted by Gasteiger charge is -2.34. The first-order valence-corrected chi connectivity index (χ1v) is 7.07. The lowest BCUT2D eigenvalue weighted by Crippen LogP contribution is -2.45. The highest BCUT2D eigenvalue weighted by molar-refractivity contribution is 6.31. The molecule has 19 heavy (non-hydrogen) atoms. The van der Waals surface area contributed by atoms with Gasteiger partial charge in [0.2, 0.25) is 0 Å². The highest BCUT2D eigenvalue weighted by Gasteiger charge is 2.27. The summed E-state index contributed by atoms with van der Waals surface area (Å²) in [6.45, 7) is 3.53. The molecule has 0 bridgehead atoms. The summed E-state index contributed by atoms with van der Waals surface area (Å²) < 4.78 is 5.36. The van der Waals surface area contributed by atoms with Crippen molar-refractivity contribution in [2.24, 2.45) is 0 Å². The minimum atomic E-state index is -0.137. The van der Waals surface area contributed by atoms with Crippen molar-refractivity contribution in [2.45, 2.75) is 31.8 Å². The minimum absolute atomic E-state index is 0.122. The molecule has 0 N–H and O–H groups in total. The van der Waals surface area contributed by atoms with Crippen molar-refractivity contribution in [1.29, 1.82) is 0 Å². The number of ether oxygens (including phenoxy) is 1. The SMILES string of the molecule is CC(C(=O)c1cccc(Cl)c1)N(C)C1CCOCC1. The number of ketones is 1. The number of benzene rings is 1. The number of Topliss-reactive ketones (excluding diaryl/α,β-unsaturated/α-hetero) is 1. The molecule has 1 saturated heterocycles. The Kier molecular flexibility index (Phi) is 4.97. The highest BCUT2D eigenvalue weighted by atomic mass is 35.5. The lowest BCUT2D eigenvalue weighted by molar-refractivity contribution is 0.0301. The first-order valence-electron chi connectivity index (χ1n) is 6.69. The van der Waals surface area contributed by atoms with E-state index >= 15 is 0 Å². The summed E-state index contributed by atoms with van der Waals surface area (Å²) >= 11 is 5.94. The van der Waals surface area contributed by atoms with Crippen LogP contribution in [0, 0.1) is 0 Å². The molecule has 1 aromatic carbocycles. The van der Waals surface area contributed by atoms with Gasteiger partial charge >= 0.3 is 0 Å². The lowest BCUT2D eigenvalue weighted by atomic mass is 10.0. The number of rotatable bonds is 4. The molecular weight excluding hydrogens is 262 g/mol. The minimum Gasteiger partial charge on any atom is -0.381 e. The van der Waals surface area contributed by atoms with Gasteiger partial charge in [-0.1, -0.05) is 23.7 Å². The van der Waals surface area contributed by atoms with Crippen molar-refractivity contribution in [2.75, 3.05) is 20.3 Å². The first kappa shape index (κ1) is 14.5. The van der Waals surface area contributed by atoms with E-state index in [0.717, 1.165) is 26.1 Å². The number of hydrogen-bond acceptors (Lipinski definition) is 3. The molecule has 1 unspecified atom stereocenters. The van der Waals surface area contributed by atoms with E-state index in [4.69, 9.17) is 16.3 Å². The summed E-state index contributed by atoms with van der Waals surface area (Å²) in [5.41, 5.74) is 0.680. The molecule has 1 fully saturated rings. The number of nitrogens with zero attached hydrogens (tertiary/aromatic N) is 1. The van der Waals surface area contributed by atoms with E-state index < -0.39 is 0 Å². The third kappa shape index (κ3) is 3.56. The zero-order chi connectivity index (χ0) is 13.8. The predicted molar refractivity (Wildman–Crippen MR) is 76.8 cm³/mol. The third-order valence-electron chi connectivity index (χ3n) is 3.87. The maximum Gasteiger partial charge on any atom is 0.179 e. The molecule has 1 heterocycles. The fraction of sp³-hybridized carbons (Fsp3) is 0.533. The number of carbonyl (C=O) groups is 1. The smallest absolute Gasteiger partial charge is 0.179 e. The molecule has 1 aromatic rings. The molecule has 0 aliphatic carbocycles. The van der Waals surface area contributed by atoms with Crippen LogP contribution in [0.2, 0.25) is 5.02 Å². The van der Waals surface area contributed by atoms with Crippen LogP contribution in [0.3, 0.4) is 0 Å². The summed E-state index contributed by atoms with van der Waals surface area (Å²) in [6.07, 6.45) is 1.98. The molecule has 3 nitrogen and oxygen atoms in total. The predicted octanol–water partition coefficient (Wildman–Crippen LogP) is 3.02. The fourth-order valence-electron chi connectivity index (χ4n) is 2.48. The summed E-state index contributed by atoms with van der Waals surface area (Å²) in [4.78, 5) is 14.6. The second kappa shape index (κ2) is 6.51. The Labute approximate surface area is 119 Å². The van der Waals surface area contributed by atoms with Crippen LogP contribution in [0.4, 0.5) is 0 Å². The standard InChI is InChI=1S/C15H20ClNO2/c1-11(17(2)14-6-8-19-9-7-14)15(18)12-4-3-5-13(16)10-12/h3-5,10-11,14H,6-9H2,1-2H3. The molecule has 1 aliphatic heterocycles. The topological polar surface area (TPSA) is 29.5 Å². The largest absolute Gasteiger partial charge is 0.381 e. The third-order valence-corrected chi connectivity index (χ3v) is 4.10. The van der Waals surface area contributed by atoms with Gasteiger partial charge < -0.3 is 4.74 Å². The first-order chi connectivity index (χ1) is 9.09. The number of hydrogen-bond donors (Lipinski definition) is 0. The van der Waals surface area contributed by atoms with Crippen molar-refractivity contribution in [1.82, 2.24) is 4.90 Å². The zero-order valence-electron chi connectivity index (χ0n) is 11.4. The number of carbonyl (C=O) groups excluding carboxylic acids is 1. The van der Waals surface area contributed by atoms with Gasteiger partial charge in [0.05, 0.1) is 6.04 Å². The average molecular weight is 282 g/mol. The molecule has 0 amide bonds. The Morgan fingerprint density at radius 1 is 1.42 bits per heavy atom. The molecule has 104 valence electrons. The molecule has 4 heteroatoms. The van der Waals surface area contributed by atoms with Crippen LogP contribution < -0.4 is 0 Å². The Bertz CT molecular complexity index is 444. The van der Waals surface area contributed by atoms with E-state index in [2.05, 4.69) is 4.90 Å². The Morgan fingerprint density at radius 2 is 2.11 bits per heavy atom. The summed E-state index contributed by atoms with van der Waals surface area (Å²) in [5, 5.41) is 0.603. The fourth-order valence-corrected chi connectivity index (χ4v) is 2.67. The summed E-state index contributed by atoms with van der Waals surface area (Å²) in [7, 11) is 2.02. The van der Waals surface area contributed by atoms with Gasteiger partial charge in [-0.2, -0.15) is 0 Å². The summed E-state index contributed by atoms with van der Waals surface area (Å²) in [6, 6.07) is 7.44. The molecule has 2 rings (SSSR count). The average Bonchev–Trinajstić information content (AvgIpc) is 2.46. The molecule has 0 radical (unpaired) electrons. The maximum absolute atomic E-state index is 12.4. The van der Waals surface area contributed by atoms with Gasteiger partial charge in [0.15, 0.2) is 5.78 Å². The van der Waals surface area contributed by atoms with Crippen molar-refractivity contribution in [3.05, 3.63) is 34.9 Å². The summed E-state index contributed by atoms with van der Waals surface area (Å²) in [5.74, 6) is 0.122. The van der Waals surface area contributed by atoms with Gasteiger partial charge in [-0.3, -0.25) is 9.69 Å². The van der Waals surface area contributed by atoms with Gasteiger partial charge in [0.25, 0.3) is 0 Å². The van der Waals surface area contributed by atoms with E-state index in [1.165, 1.54) is 0 Å². The molecule has 0 saturated carbocycles. The Hall–Kier alpha value is -0.900. The Morgan fingerprint density at radius 3 is 2.74 bits per heavy atom. The van der Waals surface area contributed by atoms with Crippen LogP contribution in [0.5, 0.6) is 0 Å². The van der Waals surface area contributed by atoms with E-state index in [0.29, 0.717) is 16.6 Å². The van der Waals surface area contributed by atoms with Gasteiger partial charge in [0.1, 0.15) is 0 Å². The van der Waals surface area contributed by atoms with Crippen molar-refractivity contribution in [3.8, 4) is 0 Å².